The van der Waals surface area contributed by atoms with Crippen LogP contribution in [0.3, 0.4) is 0 Å². The molecule has 3 unspecified atom stereocenters. The maximum atomic E-state index is 11.8. The van der Waals surface area contributed by atoms with E-state index in [0.29, 0.717) is 18.5 Å². The molecule has 2 aromatic rings. The van der Waals surface area contributed by atoms with Gasteiger partial charge in [0, 0.05) is 6.04 Å². The highest BCUT2D eigenvalue weighted by Gasteiger charge is 2.46. The van der Waals surface area contributed by atoms with Gasteiger partial charge in [0.1, 0.15) is 0 Å². The average Bonchev–Trinajstić information content (AvgIpc) is 3.00. The van der Waals surface area contributed by atoms with Crippen LogP contribution in [0.5, 0.6) is 0 Å². The fourth-order valence-corrected chi connectivity index (χ4v) is 2.92. The zero-order valence-corrected chi connectivity index (χ0v) is 11.2. The molecule has 1 saturated carbocycles. The Labute approximate surface area is 119 Å². The van der Waals surface area contributed by atoms with Crippen LogP contribution >= 0.6 is 0 Å². The van der Waals surface area contributed by atoms with Crippen LogP contribution < -0.4 is 11.3 Å². The summed E-state index contributed by atoms with van der Waals surface area (Å²) in [7, 11) is 0. The summed E-state index contributed by atoms with van der Waals surface area (Å²) in [4.78, 5) is 22.3. The van der Waals surface area contributed by atoms with Gasteiger partial charge in [0.05, 0.1) is 24.5 Å². The summed E-state index contributed by atoms with van der Waals surface area (Å²) in [6.45, 7) is -0.302. The van der Waals surface area contributed by atoms with Crippen LogP contribution in [0, 0.1) is 17.8 Å². The topological polar surface area (TPSA) is 130 Å². The van der Waals surface area contributed by atoms with E-state index in [9.17, 15) is 15.0 Å². The van der Waals surface area contributed by atoms with Gasteiger partial charge in [0.15, 0.2) is 11.2 Å². The molecule has 1 aliphatic rings. The van der Waals surface area contributed by atoms with E-state index in [-0.39, 0.29) is 24.1 Å². The highest BCUT2D eigenvalue weighted by molar-refractivity contribution is 5.70. The first-order chi connectivity index (χ1) is 10.0. The van der Waals surface area contributed by atoms with Gasteiger partial charge < -0.3 is 20.5 Å². The van der Waals surface area contributed by atoms with Crippen molar-refractivity contribution in [1.29, 1.82) is 0 Å². The first-order valence-corrected chi connectivity index (χ1v) is 6.50. The Morgan fingerprint density at radius 2 is 2.43 bits per heavy atom. The van der Waals surface area contributed by atoms with Crippen LogP contribution in [0.2, 0.25) is 0 Å². The zero-order valence-electron chi connectivity index (χ0n) is 11.2. The molecule has 0 saturated heterocycles. The van der Waals surface area contributed by atoms with E-state index < -0.39 is 17.1 Å². The highest BCUT2D eigenvalue weighted by Crippen LogP contribution is 2.44. The van der Waals surface area contributed by atoms with Crippen LogP contribution in [0.1, 0.15) is 18.9 Å². The van der Waals surface area contributed by atoms with Gasteiger partial charge in [-0.3, -0.25) is 9.78 Å². The van der Waals surface area contributed by atoms with Crippen LogP contribution in [-0.2, 0) is 0 Å². The average molecular weight is 289 g/mol. The van der Waals surface area contributed by atoms with E-state index in [1.807, 2.05) is 0 Å². The second kappa shape index (κ2) is 4.58. The molecule has 0 aliphatic heterocycles. The van der Waals surface area contributed by atoms with Crippen molar-refractivity contribution < 1.29 is 10.2 Å². The first-order valence-electron chi connectivity index (χ1n) is 6.50. The molecule has 110 valence electrons. The quantitative estimate of drug-likeness (QED) is 0.525. The minimum atomic E-state index is -0.978. The largest absolute Gasteiger partial charge is 0.395 e. The molecule has 5 N–H and O–H groups in total. The normalized spacial score (nSPS) is 28.8. The number of nitrogen functional groups attached to an aromatic ring is 1. The predicted molar refractivity (Wildman–Crippen MR) is 75.2 cm³/mol. The van der Waals surface area contributed by atoms with Gasteiger partial charge in [0.2, 0.25) is 5.95 Å². The molecule has 1 fully saturated rings. The minimum absolute atomic E-state index is 0.00170. The molecule has 3 atom stereocenters. The van der Waals surface area contributed by atoms with Gasteiger partial charge in [-0.25, -0.2) is 4.98 Å². The lowest BCUT2D eigenvalue weighted by molar-refractivity contribution is 0.0475. The molecular weight excluding hydrogens is 274 g/mol. The summed E-state index contributed by atoms with van der Waals surface area (Å²) in [6, 6.07) is -0.207. The van der Waals surface area contributed by atoms with Crippen molar-refractivity contribution in [3.05, 3.63) is 16.7 Å². The number of H-pyrrole nitrogens is 1. The van der Waals surface area contributed by atoms with Gasteiger partial charge in [-0.05, 0) is 12.8 Å². The molecule has 0 spiro atoms. The Balaban J connectivity index is 2.07. The second-order valence-corrected chi connectivity index (χ2v) is 5.34. The maximum absolute atomic E-state index is 11.8. The standard InChI is InChI=1S/C13H15N5O3/c1-2-13(5-19)4-7(3-8(13)20)18-6-15-9-10(18)16-12(14)17-11(9)21/h1,6-8,19-20H,3-5H2,(H3,14,16,17,21). The molecule has 0 radical (unpaired) electrons. The van der Waals surface area contributed by atoms with E-state index in [1.165, 1.54) is 6.33 Å². The summed E-state index contributed by atoms with van der Waals surface area (Å²) in [5, 5.41) is 19.6. The number of hydrogen-bond donors (Lipinski definition) is 4. The number of fused-ring (bicyclic) bond motifs is 1. The van der Waals surface area contributed by atoms with Gasteiger partial charge in [0.25, 0.3) is 5.56 Å². The van der Waals surface area contributed by atoms with Gasteiger partial charge in [-0.1, -0.05) is 5.92 Å². The Morgan fingerprint density at radius 1 is 1.67 bits per heavy atom. The SMILES string of the molecule is C#CC1(CO)CC(n2cnc3c(=O)[nH]c(N)nc32)CC1O. The van der Waals surface area contributed by atoms with Crippen molar-refractivity contribution in [2.75, 3.05) is 12.3 Å². The van der Waals surface area contributed by atoms with Crippen LogP contribution in [0.4, 0.5) is 5.95 Å². The van der Waals surface area contributed by atoms with Crippen molar-refractivity contribution >= 4 is 17.1 Å². The smallest absolute Gasteiger partial charge is 0.280 e. The lowest BCUT2D eigenvalue weighted by Crippen LogP contribution is -2.31. The van der Waals surface area contributed by atoms with Crippen LogP contribution in [-0.4, -0.2) is 42.4 Å². The Bertz CT molecular complexity index is 789. The fraction of sp³-hybridized carbons (Fsp3) is 0.462. The fourth-order valence-electron chi connectivity index (χ4n) is 2.92. The highest BCUT2D eigenvalue weighted by atomic mass is 16.3. The number of rotatable bonds is 2. The van der Waals surface area contributed by atoms with E-state index in [0.717, 1.165) is 0 Å². The maximum Gasteiger partial charge on any atom is 0.280 e. The third kappa shape index (κ3) is 1.90. The van der Waals surface area contributed by atoms with Gasteiger partial charge in [-0.15, -0.1) is 6.42 Å². The number of aromatic nitrogens is 4. The third-order valence-corrected chi connectivity index (χ3v) is 4.15. The summed E-state index contributed by atoms with van der Waals surface area (Å²) in [5.74, 6) is 2.49. The van der Waals surface area contributed by atoms with Gasteiger partial charge >= 0.3 is 0 Å². The van der Waals surface area contributed by atoms with E-state index in [1.54, 1.807) is 4.57 Å². The second-order valence-electron chi connectivity index (χ2n) is 5.34. The monoisotopic (exact) mass is 289 g/mol. The molecule has 1 aliphatic carbocycles. The molecule has 8 nitrogen and oxygen atoms in total. The number of imidazole rings is 1. The Morgan fingerprint density at radius 3 is 3.05 bits per heavy atom. The number of nitrogens with two attached hydrogens (primary N) is 1. The predicted octanol–water partition coefficient (Wildman–Crippen LogP) is -0.990. The van der Waals surface area contributed by atoms with Crippen molar-refractivity contribution in [2.24, 2.45) is 5.41 Å². The van der Waals surface area contributed by atoms with Crippen molar-refractivity contribution in [1.82, 2.24) is 19.5 Å². The lowest BCUT2D eigenvalue weighted by Gasteiger charge is -2.23. The number of terminal acetylenes is 1. The molecule has 3 rings (SSSR count). The lowest BCUT2D eigenvalue weighted by atomic mass is 9.86. The number of anilines is 1. The molecule has 0 amide bonds. The Hall–Kier alpha value is -2.37. The minimum Gasteiger partial charge on any atom is -0.395 e. The van der Waals surface area contributed by atoms with E-state index in [2.05, 4.69) is 20.9 Å². The zero-order chi connectivity index (χ0) is 15.2. The number of aliphatic hydroxyl groups is 2. The van der Waals surface area contributed by atoms with Crippen molar-refractivity contribution in [2.45, 2.75) is 25.0 Å². The Kier molecular flexibility index (Phi) is 2.97. The number of nitrogens with zero attached hydrogens (tertiary/aromatic N) is 3. The number of nitrogens with one attached hydrogen (secondary N) is 1. The molecule has 0 aromatic carbocycles. The summed E-state index contributed by atoms with van der Waals surface area (Å²) in [5.41, 5.74) is 4.69. The van der Waals surface area contributed by atoms with E-state index >= 15 is 0 Å². The number of hydrogen-bond acceptors (Lipinski definition) is 6. The summed E-state index contributed by atoms with van der Waals surface area (Å²) < 4.78 is 1.68. The van der Waals surface area contributed by atoms with Crippen LogP contribution in [0.25, 0.3) is 11.2 Å². The third-order valence-electron chi connectivity index (χ3n) is 4.15. The van der Waals surface area contributed by atoms with Crippen molar-refractivity contribution in [3.8, 4) is 12.3 Å². The summed E-state index contributed by atoms with van der Waals surface area (Å²) in [6.07, 6.45) is 6.84. The molecule has 0 bridgehead atoms. The molecule has 8 heteroatoms. The summed E-state index contributed by atoms with van der Waals surface area (Å²) >= 11 is 0. The van der Waals surface area contributed by atoms with Crippen LogP contribution in [0.15, 0.2) is 11.1 Å². The molecule has 2 aromatic heterocycles. The first kappa shape index (κ1) is 13.6. The molecule has 2 heterocycles. The molecular formula is C13H15N5O3. The number of aromatic amines is 1. The molecule has 21 heavy (non-hydrogen) atoms. The van der Waals surface area contributed by atoms with Crippen molar-refractivity contribution in [3.63, 3.8) is 0 Å². The number of aliphatic hydroxyl groups excluding tert-OH is 2. The van der Waals surface area contributed by atoms with E-state index in [4.69, 9.17) is 12.2 Å². The van der Waals surface area contributed by atoms with Gasteiger partial charge in [-0.2, -0.15) is 4.98 Å².